The van der Waals surface area contributed by atoms with Crippen molar-refractivity contribution in [1.82, 2.24) is 0 Å². The summed E-state index contributed by atoms with van der Waals surface area (Å²) in [6.45, 7) is 1.75. The molecule has 0 aliphatic heterocycles. The fraction of sp³-hybridized carbons (Fsp3) is 0.174. The van der Waals surface area contributed by atoms with Crippen LogP contribution in [0.4, 0.5) is 11.4 Å². The summed E-state index contributed by atoms with van der Waals surface area (Å²) in [6.07, 6.45) is 1.14. The third-order valence-corrected chi connectivity index (χ3v) is 6.38. The summed E-state index contributed by atoms with van der Waals surface area (Å²) < 4.78 is 31.5. The average Bonchev–Trinajstić information content (AvgIpc) is 2.74. The first-order valence-electron chi connectivity index (χ1n) is 9.63. The lowest BCUT2D eigenvalue weighted by Gasteiger charge is -2.23. The average molecular weight is 493 g/mol. The first-order valence-corrected chi connectivity index (χ1v) is 12.2. The largest absolute Gasteiger partial charge is 0.484 e. The molecule has 0 aliphatic carbocycles. The first-order chi connectivity index (χ1) is 15.1. The van der Waals surface area contributed by atoms with Crippen molar-refractivity contribution in [2.45, 2.75) is 13.5 Å². The molecule has 0 saturated heterocycles. The number of nitrogens with zero attached hydrogens (tertiary/aromatic N) is 1. The highest BCUT2D eigenvalue weighted by atomic mass is 35.5. The molecule has 0 bridgehead atoms. The molecule has 0 heterocycles. The Bertz CT molecular complexity index is 1210. The molecule has 6 nitrogen and oxygen atoms in total. The van der Waals surface area contributed by atoms with Gasteiger partial charge >= 0.3 is 0 Å². The number of ether oxygens (including phenoxy) is 1. The number of sulfonamides is 1. The van der Waals surface area contributed by atoms with Gasteiger partial charge in [-0.25, -0.2) is 8.42 Å². The molecule has 0 aliphatic rings. The number of rotatable bonds is 8. The monoisotopic (exact) mass is 492 g/mol. The van der Waals surface area contributed by atoms with E-state index in [-0.39, 0.29) is 19.1 Å². The molecule has 0 spiro atoms. The van der Waals surface area contributed by atoms with Crippen LogP contribution in [0.15, 0.2) is 66.7 Å². The van der Waals surface area contributed by atoms with E-state index in [4.69, 9.17) is 27.9 Å². The molecule has 0 saturated carbocycles. The second kappa shape index (κ2) is 10.3. The summed E-state index contributed by atoms with van der Waals surface area (Å²) in [6, 6.07) is 18.8. The van der Waals surface area contributed by atoms with Crippen LogP contribution in [-0.4, -0.2) is 27.2 Å². The zero-order chi connectivity index (χ0) is 23.3. The molecule has 0 atom stereocenters. The van der Waals surface area contributed by atoms with Crippen LogP contribution in [0.5, 0.6) is 5.75 Å². The number of amides is 1. The Morgan fingerprint density at radius 2 is 1.72 bits per heavy atom. The maximum atomic E-state index is 12.4. The lowest BCUT2D eigenvalue weighted by Crippen LogP contribution is -2.29. The molecule has 1 N–H and O–H groups in total. The number of hydrogen-bond acceptors (Lipinski definition) is 4. The van der Waals surface area contributed by atoms with Crippen LogP contribution in [0.1, 0.15) is 11.1 Å². The number of benzene rings is 3. The van der Waals surface area contributed by atoms with Crippen molar-refractivity contribution in [3.63, 3.8) is 0 Å². The highest BCUT2D eigenvalue weighted by molar-refractivity contribution is 7.92. The highest BCUT2D eigenvalue weighted by Gasteiger charge is 2.19. The van der Waals surface area contributed by atoms with Crippen molar-refractivity contribution in [1.29, 1.82) is 0 Å². The third kappa shape index (κ3) is 6.38. The molecule has 32 heavy (non-hydrogen) atoms. The van der Waals surface area contributed by atoms with Gasteiger partial charge in [0.1, 0.15) is 5.75 Å². The number of aryl methyl sites for hydroxylation is 1. The van der Waals surface area contributed by atoms with Crippen LogP contribution >= 0.6 is 23.2 Å². The summed E-state index contributed by atoms with van der Waals surface area (Å²) in [5, 5.41) is 3.77. The zero-order valence-electron chi connectivity index (χ0n) is 17.5. The number of carbonyl (C=O) groups excluding carboxylic acids is 1. The van der Waals surface area contributed by atoms with E-state index >= 15 is 0 Å². The Kier molecular flexibility index (Phi) is 7.66. The van der Waals surface area contributed by atoms with Gasteiger partial charge < -0.3 is 10.1 Å². The number of carbonyl (C=O) groups is 1. The van der Waals surface area contributed by atoms with E-state index in [1.165, 1.54) is 4.31 Å². The van der Waals surface area contributed by atoms with E-state index in [0.29, 0.717) is 32.7 Å². The summed E-state index contributed by atoms with van der Waals surface area (Å²) in [5.41, 5.74) is 2.64. The van der Waals surface area contributed by atoms with E-state index in [1.54, 1.807) is 60.7 Å². The van der Waals surface area contributed by atoms with Crippen molar-refractivity contribution in [3.05, 3.63) is 87.9 Å². The Labute approximate surface area is 197 Å². The second-order valence-corrected chi connectivity index (χ2v) is 9.90. The first kappa shape index (κ1) is 23.9. The van der Waals surface area contributed by atoms with Gasteiger partial charge in [0.15, 0.2) is 6.61 Å². The predicted molar refractivity (Wildman–Crippen MR) is 129 cm³/mol. The smallest absolute Gasteiger partial charge is 0.262 e. The molecular formula is C23H22Cl2N2O4S. The fourth-order valence-electron chi connectivity index (χ4n) is 2.95. The van der Waals surface area contributed by atoms with Gasteiger partial charge in [0.2, 0.25) is 10.0 Å². The molecular weight excluding hydrogens is 471 g/mol. The molecule has 168 valence electrons. The van der Waals surface area contributed by atoms with Gasteiger partial charge in [-0.15, -0.1) is 0 Å². The Morgan fingerprint density at radius 3 is 2.38 bits per heavy atom. The van der Waals surface area contributed by atoms with E-state index in [1.807, 2.05) is 13.0 Å². The third-order valence-electron chi connectivity index (χ3n) is 4.64. The van der Waals surface area contributed by atoms with Crippen LogP contribution in [0.25, 0.3) is 0 Å². The van der Waals surface area contributed by atoms with Crippen LogP contribution in [-0.2, 0) is 21.4 Å². The SMILES string of the molecule is Cc1ccc(Cl)cc1NC(=O)COc1ccc(N(Cc2ccccc2Cl)S(C)(=O)=O)cc1. The molecule has 0 fully saturated rings. The van der Waals surface area contributed by atoms with Gasteiger partial charge in [0.05, 0.1) is 18.5 Å². The highest BCUT2D eigenvalue weighted by Crippen LogP contribution is 2.26. The molecule has 3 aromatic rings. The standard InChI is InChI=1S/C23H22Cl2N2O4S/c1-16-7-8-18(24)13-22(16)26-23(28)15-31-20-11-9-19(10-12-20)27(32(2,29)30)14-17-5-3-4-6-21(17)25/h3-13H,14-15H2,1-2H3,(H,26,28). The van der Waals surface area contributed by atoms with Gasteiger partial charge in [-0.1, -0.05) is 47.5 Å². The number of halogens is 2. The molecule has 3 aromatic carbocycles. The minimum Gasteiger partial charge on any atom is -0.484 e. The number of anilines is 2. The van der Waals surface area contributed by atoms with Crippen LogP contribution in [0, 0.1) is 6.92 Å². The summed E-state index contributed by atoms with van der Waals surface area (Å²) in [4.78, 5) is 12.2. The quantitative estimate of drug-likeness (QED) is 0.463. The van der Waals surface area contributed by atoms with Crippen molar-refractivity contribution >= 4 is 50.5 Å². The minimum absolute atomic E-state index is 0.0973. The molecule has 0 unspecified atom stereocenters. The number of nitrogens with one attached hydrogen (secondary N) is 1. The van der Waals surface area contributed by atoms with Crippen molar-refractivity contribution in [3.8, 4) is 5.75 Å². The zero-order valence-corrected chi connectivity index (χ0v) is 19.8. The lowest BCUT2D eigenvalue weighted by molar-refractivity contribution is -0.118. The second-order valence-electron chi connectivity index (χ2n) is 7.15. The van der Waals surface area contributed by atoms with Crippen LogP contribution < -0.4 is 14.4 Å². The van der Waals surface area contributed by atoms with Crippen molar-refractivity contribution < 1.29 is 17.9 Å². The van der Waals surface area contributed by atoms with E-state index < -0.39 is 10.0 Å². The maximum absolute atomic E-state index is 12.4. The minimum atomic E-state index is -3.55. The maximum Gasteiger partial charge on any atom is 0.262 e. The van der Waals surface area contributed by atoms with Gasteiger partial charge in [0.25, 0.3) is 5.91 Å². The summed E-state index contributed by atoms with van der Waals surface area (Å²) in [7, 11) is -3.55. The molecule has 0 radical (unpaired) electrons. The lowest BCUT2D eigenvalue weighted by atomic mass is 10.2. The van der Waals surface area contributed by atoms with E-state index in [9.17, 15) is 13.2 Å². The number of hydrogen-bond donors (Lipinski definition) is 1. The van der Waals surface area contributed by atoms with Gasteiger partial charge in [-0.05, 0) is 60.5 Å². The summed E-state index contributed by atoms with van der Waals surface area (Å²) >= 11 is 12.2. The van der Waals surface area contributed by atoms with Crippen LogP contribution in [0.3, 0.4) is 0 Å². The normalized spacial score (nSPS) is 11.1. The fourth-order valence-corrected chi connectivity index (χ4v) is 4.20. The summed E-state index contributed by atoms with van der Waals surface area (Å²) in [5.74, 6) is 0.0915. The predicted octanol–water partition coefficient (Wildman–Crippen LogP) is 5.29. The Balaban J connectivity index is 1.67. The van der Waals surface area contributed by atoms with E-state index in [2.05, 4.69) is 5.32 Å². The van der Waals surface area contributed by atoms with Crippen molar-refractivity contribution in [2.24, 2.45) is 0 Å². The molecule has 1 amide bonds. The van der Waals surface area contributed by atoms with Crippen LogP contribution in [0.2, 0.25) is 10.0 Å². The Hall–Kier alpha value is -2.74. The Morgan fingerprint density at radius 1 is 1.03 bits per heavy atom. The van der Waals surface area contributed by atoms with Gasteiger partial charge in [-0.3, -0.25) is 9.10 Å². The van der Waals surface area contributed by atoms with Gasteiger partial charge in [-0.2, -0.15) is 0 Å². The topological polar surface area (TPSA) is 75.7 Å². The molecule has 0 aromatic heterocycles. The van der Waals surface area contributed by atoms with E-state index in [0.717, 1.165) is 11.8 Å². The van der Waals surface area contributed by atoms with Crippen molar-refractivity contribution in [2.75, 3.05) is 22.5 Å². The molecule has 9 heteroatoms. The van der Waals surface area contributed by atoms with Gasteiger partial charge in [0, 0.05) is 15.7 Å². The molecule has 3 rings (SSSR count).